The van der Waals surface area contributed by atoms with E-state index in [4.69, 9.17) is 0 Å². The molecule has 1 heterocycles. The van der Waals surface area contributed by atoms with E-state index in [-0.39, 0.29) is 6.04 Å². The summed E-state index contributed by atoms with van der Waals surface area (Å²) in [6.07, 6.45) is -2.27. The molecule has 0 aromatic carbocycles. The lowest BCUT2D eigenvalue weighted by Crippen LogP contribution is -2.29. The highest BCUT2D eigenvalue weighted by atomic mass is 19.4. The summed E-state index contributed by atoms with van der Waals surface area (Å²) in [4.78, 5) is 18.1. The van der Waals surface area contributed by atoms with E-state index in [1.54, 1.807) is 6.20 Å². The molecule has 0 saturated carbocycles. The number of amides is 1. The Balaban J connectivity index is 2.44. The largest absolute Gasteiger partial charge is 0.389 e. The Hall–Kier alpha value is -1.53. The van der Waals surface area contributed by atoms with Gasteiger partial charge in [-0.05, 0) is 6.42 Å². The second kappa shape index (κ2) is 5.70. The fraction of sp³-hybridized carbons (Fsp3) is 0.600. The van der Waals surface area contributed by atoms with Gasteiger partial charge in [-0.15, -0.1) is 0 Å². The number of alkyl halides is 3. The molecule has 2 N–H and O–H groups in total. The normalized spacial score (nSPS) is 13.4. The van der Waals surface area contributed by atoms with Gasteiger partial charge < -0.3 is 10.3 Å². The van der Waals surface area contributed by atoms with Gasteiger partial charge >= 0.3 is 6.18 Å². The lowest BCUT2D eigenvalue weighted by Gasteiger charge is -2.15. The number of H-pyrrole nitrogens is 1. The number of hydrogen-bond acceptors (Lipinski definition) is 2. The third-order valence-electron chi connectivity index (χ3n) is 2.23. The van der Waals surface area contributed by atoms with E-state index in [1.807, 2.05) is 6.92 Å². The van der Waals surface area contributed by atoms with Crippen molar-refractivity contribution in [2.75, 3.05) is 0 Å². The third kappa shape index (κ3) is 4.88. The second-order valence-corrected chi connectivity index (χ2v) is 3.62. The average Bonchev–Trinajstić information content (AvgIpc) is 2.75. The van der Waals surface area contributed by atoms with E-state index in [0.29, 0.717) is 12.2 Å². The molecule has 0 aliphatic heterocycles. The lowest BCUT2D eigenvalue weighted by molar-refractivity contribution is -0.144. The highest BCUT2D eigenvalue weighted by Gasteiger charge is 2.28. The number of aromatic amines is 1. The van der Waals surface area contributed by atoms with E-state index in [1.165, 1.54) is 6.20 Å². The Bertz CT molecular complexity index is 348. The Morgan fingerprint density at radius 2 is 2.29 bits per heavy atom. The molecule has 0 spiro atoms. The quantitative estimate of drug-likeness (QED) is 0.841. The van der Waals surface area contributed by atoms with Gasteiger partial charge in [0.05, 0.1) is 12.5 Å². The van der Waals surface area contributed by atoms with Crippen LogP contribution >= 0.6 is 0 Å². The maximum Gasteiger partial charge on any atom is 0.389 e. The summed E-state index contributed by atoms with van der Waals surface area (Å²) in [5.41, 5.74) is 0. The van der Waals surface area contributed by atoms with Gasteiger partial charge in [0.15, 0.2) is 0 Å². The monoisotopic (exact) mass is 249 g/mol. The smallest absolute Gasteiger partial charge is 0.347 e. The van der Waals surface area contributed by atoms with Crippen LogP contribution in [0.2, 0.25) is 0 Å². The third-order valence-corrected chi connectivity index (χ3v) is 2.23. The van der Waals surface area contributed by atoms with Crippen LogP contribution in [-0.2, 0) is 4.79 Å². The average molecular weight is 249 g/mol. The van der Waals surface area contributed by atoms with Crippen molar-refractivity contribution in [3.8, 4) is 0 Å². The van der Waals surface area contributed by atoms with Crippen LogP contribution in [0.15, 0.2) is 12.4 Å². The van der Waals surface area contributed by atoms with Crippen LogP contribution in [0.1, 0.15) is 38.1 Å². The van der Waals surface area contributed by atoms with Gasteiger partial charge in [0.2, 0.25) is 5.91 Å². The first kappa shape index (κ1) is 13.5. The van der Waals surface area contributed by atoms with Crippen molar-refractivity contribution in [3.63, 3.8) is 0 Å². The zero-order valence-corrected chi connectivity index (χ0v) is 9.34. The minimum atomic E-state index is -4.30. The molecule has 0 aliphatic carbocycles. The van der Waals surface area contributed by atoms with Gasteiger partial charge in [0.25, 0.3) is 0 Å². The molecule has 4 nitrogen and oxygen atoms in total. The summed E-state index contributed by atoms with van der Waals surface area (Å²) in [6.45, 7) is 1.82. The number of hydrogen-bond donors (Lipinski definition) is 2. The summed E-state index contributed by atoms with van der Waals surface area (Å²) >= 11 is 0. The van der Waals surface area contributed by atoms with Gasteiger partial charge in [-0.25, -0.2) is 4.98 Å². The van der Waals surface area contributed by atoms with Crippen molar-refractivity contribution in [2.24, 2.45) is 0 Å². The van der Waals surface area contributed by atoms with Crippen molar-refractivity contribution in [1.82, 2.24) is 15.3 Å². The van der Waals surface area contributed by atoms with Crippen LogP contribution in [0, 0.1) is 0 Å². The van der Waals surface area contributed by atoms with Crippen LogP contribution in [0.25, 0.3) is 0 Å². The predicted molar refractivity (Wildman–Crippen MR) is 55.1 cm³/mol. The van der Waals surface area contributed by atoms with E-state index in [2.05, 4.69) is 15.3 Å². The van der Waals surface area contributed by atoms with Crippen molar-refractivity contribution < 1.29 is 18.0 Å². The highest BCUT2D eigenvalue weighted by molar-refractivity contribution is 5.76. The minimum Gasteiger partial charge on any atom is -0.347 e. The van der Waals surface area contributed by atoms with Gasteiger partial charge in [0, 0.05) is 18.8 Å². The van der Waals surface area contributed by atoms with E-state index in [0.717, 1.165) is 0 Å². The number of halogens is 3. The number of aromatic nitrogens is 2. The van der Waals surface area contributed by atoms with Crippen LogP contribution in [0.3, 0.4) is 0 Å². The Morgan fingerprint density at radius 3 is 2.76 bits per heavy atom. The number of imidazole rings is 1. The number of nitrogens with one attached hydrogen (secondary N) is 2. The molecule has 0 aliphatic rings. The fourth-order valence-electron chi connectivity index (χ4n) is 1.35. The molecule has 1 aromatic heterocycles. The molecule has 1 atom stereocenters. The maximum atomic E-state index is 11.9. The minimum absolute atomic E-state index is 0.370. The van der Waals surface area contributed by atoms with Crippen LogP contribution < -0.4 is 5.32 Å². The zero-order chi connectivity index (χ0) is 12.9. The Morgan fingerprint density at radius 1 is 1.59 bits per heavy atom. The Labute approximate surface area is 96.6 Å². The highest BCUT2D eigenvalue weighted by Crippen LogP contribution is 2.21. The maximum absolute atomic E-state index is 11.9. The zero-order valence-electron chi connectivity index (χ0n) is 9.34. The van der Waals surface area contributed by atoms with E-state index in [9.17, 15) is 18.0 Å². The van der Waals surface area contributed by atoms with Gasteiger partial charge in [0.1, 0.15) is 5.82 Å². The summed E-state index contributed by atoms with van der Waals surface area (Å²) in [5.74, 6) is -0.0709. The molecular weight excluding hydrogens is 235 g/mol. The molecule has 1 aromatic rings. The molecule has 1 unspecified atom stereocenters. The van der Waals surface area contributed by atoms with Gasteiger partial charge in [-0.1, -0.05) is 6.92 Å². The van der Waals surface area contributed by atoms with Crippen LogP contribution in [0.4, 0.5) is 13.2 Å². The Kier molecular flexibility index (Phi) is 4.53. The topological polar surface area (TPSA) is 57.8 Å². The molecule has 7 heteroatoms. The van der Waals surface area contributed by atoms with Gasteiger partial charge in [-0.3, -0.25) is 4.79 Å². The number of carbonyl (C=O) groups excluding carboxylic acids is 1. The van der Waals surface area contributed by atoms with E-state index >= 15 is 0 Å². The first-order valence-electron chi connectivity index (χ1n) is 5.27. The van der Waals surface area contributed by atoms with Crippen molar-refractivity contribution in [2.45, 2.75) is 38.4 Å². The first-order valence-corrected chi connectivity index (χ1v) is 5.27. The van der Waals surface area contributed by atoms with E-state index < -0.39 is 24.9 Å². The summed E-state index contributed by atoms with van der Waals surface area (Å²) < 4.78 is 35.7. The summed E-state index contributed by atoms with van der Waals surface area (Å²) in [7, 11) is 0. The van der Waals surface area contributed by atoms with Crippen LogP contribution in [-0.4, -0.2) is 22.1 Å². The van der Waals surface area contributed by atoms with Crippen LogP contribution in [0.5, 0.6) is 0 Å². The fourth-order valence-corrected chi connectivity index (χ4v) is 1.35. The second-order valence-electron chi connectivity index (χ2n) is 3.62. The molecule has 0 bridgehead atoms. The van der Waals surface area contributed by atoms with Crippen molar-refractivity contribution in [3.05, 3.63) is 18.2 Å². The summed E-state index contributed by atoms with van der Waals surface area (Å²) in [6, 6.07) is -0.370. The summed E-state index contributed by atoms with van der Waals surface area (Å²) in [5, 5.41) is 2.51. The molecule has 1 rings (SSSR count). The number of carbonyl (C=O) groups is 1. The molecule has 1 amide bonds. The molecule has 17 heavy (non-hydrogen) atoms. The SMILES string of the molecule is CCC(NC(=O)CCC(F)(F)F)c1ncc[nH]1. The molecule has 0 radical (unpaired) electrons. The molecule has 96 valence electrons. The standard InChI is InChI=1S/C10H14F3N3O/c1-2-7(9-14-5-6-15-9)16-8(17)3-4-10(11,12)13/h5-7H,2-4H2,1H3,(H,14,15)(H,16,17). The number of nitrogens with zero attached hydrogens (tertiary/aromatic N) is 1. The lowest BCUT2D eigenvalue weighted by atomic mass is 10.2. The van der Waals surface area contributed by atoms with Gasteiger partial charge in [-0.2, -0.15) is 13.2 Å². The molecular formula is C10H14F3N3O. The molecule has 0 saturated heterocycles. The molecule has 0 fully saturated rings. The first-order chi connectivity index (χ1) is 7.92. The van der Waals surface area contributed by atoms with Crippen molar-refractivity contribution >= 4 is 5.91 Å². The number of rotatable bonds is 5. The van der Waals surface area contributed by atoms with Crippen molar-refractivity contribution in [1.29, 1.82) is 0 Å². The predicted octanol–water partition coefficient (Wildman–Crippen LogP) is 2.32.